The van der Waals surface area contributed by atoms with Crippen molar-refractivity contribution < 1.29 is 19.4 Å². The fourth-order valence-electron chi connectivity index (χ4n) is 2.95. The molecule has 1 saturated heterocycles. The van der Waals surface area contributed by atoms with Gasteiger partial charge in [-0.1, -0.05) is 0 Å². The monoisotopic (exact) mass is 300 g/mol. The molecular formula is C16H16N2O4. The summed E-state index contributed by atoms with van der Waals surface area (Å²) in [4.78, 5) is 13.4. The molecule has 0 bridgehead atoms. The van der Waals surface area contributed by atoms with E-state index in [2.05, 4.69) is 4.57 Å². The highest BCUT2D eigenvalue weighted by Crippen LogP contribution is 2.29. The normalized spacial score (nSPS) is 20.3. The van der Waals surface area contributed by atoms with Crippen molar-refractivity contribution in [3.05, 3.63) is 47.8 Å². The summed E-state index contributed by atoms with van der Waals surface area (Å²) in [5, 5.41) is 9.14. The lowest BCUT2D eigenvalue weighted by Gasteiger charge is -2.16. The van der Waals surface area contributed by atoms with E-state index in [1.807, 2.05) is 36.5 Å². The van der Waals surface area contributed by atoms with Gasteiger partial charge >= 0.3 is 6.09 Å². The number of nitrogens with zero attached hydrogens (tertiary/aromatic N) is 2. The molecule has 3 heterocycles. The van der Waals surface area contributed by atoms with Gasteiger partial charge in [0.2, 0.25) is 0 Å². The Hall–Kier alpha value is -2.31. The van der Waals surface area contributed by atoms with Crippen molar-refractivity contribution in [3.8, 4) is 5.69 Å². The van der Waals surface area contributed by atoms with Gasteiger partial charge in [-0.2, -0.15) is 0 Å². The largest absolute Gasteiger partial charge is 0.441 e. The highest BCUT2D eigenvalue weighted by molar-refractivity contribution is 5.90. The molecule has 0 unspecified atom stereocenters. The van der Waals surface area contributed by atoms with Crippen molar-refractivity contribution >= 4 is 11.8 Å². The average Bonchev–Trinajstić information content (AvgIpc) is 3.10. The standard InChI is InChI=1S/C16H16N2O4/c19-8-14-7-18(16(20)22-14)12-3-4-15-11(6-12)9-21-10-13-2-1-5-17(13)15/h1-6,14,19H,7-10H2/t14-/m1/s1. The molecular weight excluding hydrogens is 284 g/mol. The van der Waals surface area contributed by atoms with Gasteiger partial charge in [0.25, 0.3) is 0 Å². The summed E-state index contributed by atoms with van der Waals surface area (Å²) < 4.78 is 12.9. The van der Waals surface area contributed by atoms with Crippen LogP contribution in [0.2, 0.25) is 0 Å². The summed E-state index contributed by atoms with van der Waals surface area (Å²) in [6.07, 6.45) is 1.13. The van der Waals surface area contributed by atoms with Crippen LogP contribution in [0, 0.1) is 0 Å². The van der Waals surface area contributed by atoms with Crippen LogP contribution in [0.1, 0.15) is 11.3 Å². The Morgan fingerprint density at radius 3 is 3.00 bits per heavy atom. The molecule has 0 saturated carbocycles. The van der Waals surface area contributed by atoms with Gasteiger partial charge in [0.1, 0.15) is 6.10 Å². The SMILES string of the molecule is O=C1O[C@@H](CO)CN1c1ccc2c(c1)COCc1cccn1-2. The van der Waals surface area contributed by atoms with Crippen LogP contribution in [0.3, 0.4) is 0 Å². The third kappa shape index (κ3) is 2.08. The number of rotatable bonds is 2. The van der Waals surface area contributed by atoms with Crippen molar-refractivity contribution in [1.29, 1.82) is 0 Å². The van der Waals surface area contributed by atoms with E-state index in [4.69, 9.17) is 14.6 Å². The second-order valence-electron chi connectivity index (χ2n) is 5.47. The van der Waals surface area contributed by atoms with E-state index in [9.17, 15) is 4.79 Å². The molecule has 1 atom stereocenters. The molecule has 2 aliphatic rings. The second kappa shape index (κ2) is 5.15. The van der Waals surface area contributed by atoms with E-state index in [1.165, 1.54) is 0 Å². The summed E-state index contributed by atoms with van der Waals surface area (Å²) in [5.74, 6) is 0. The van der Waals surface area contributed by atoms with Crippen LogP contribution in [0.5, 0.6) is 0 Å². The van der Waals surface area contributed by atoms with Gasteiger partial charge in [0.15, 0.2) is 0 Å². The lowest BCUT2D eigenvalue weighted by molar-refractivity contribution is 0.0963. The Morgan fingerprint density at radius 1 is 1.27 bits per heavy atom. The van der Waals surface area contributed by atoms with Crippen LogP contribution in [0.15, 0.2) is 36.5 Å². The van der Waals surface area contributed by atoms with Gasteiger partial charge in [-0.3, -0.25) is 4.90 Å². The van der Waals surface area contributed by atoms with Crippen LogP contribution in [0.25, 0.3) is 5.69 Å². The molecule has 114 valence electrons. The molecule has 0 aliphatic carbocycles. The fourth-order valence-corrected chi connectivity index (χ4v) is 2.95. The fraction of sp³-hybridized carbons (Fsp3) is 0.312. The van der Waals surface area contributed by atoms with Gasteiger partial charge in [-0.05, 0) is 30.3 Å². The maximum Gasteiger partial charge on any atom is 0.414 e. The Bertz CT molecular complexity index is 725. The average molecular weight is 300 g/mol. The van der Waals surface area contributed by atoms with Crippen molar-refractivity contribution in [3.63, 3.8) is 0 Å². The van der Waals surface area contributed by atoms with E-state index in [-0.39, 0.29) is 6.61 Å². The number of anilines is 1. The van der Waals surface area contributed by atoms with E-state index >= 15 is 0 Å². The first kappa shape index (κ1) is 13.4. The van der Waals surface area contributed by atoms with E-state index in [0.717, 1.165) is 22.6 Å². The molecule has 2 aromatic rings. The van der Waals surface area contributed by atoms with Gasteiger partial charge in [0.05, 0.1) is 32.1 Å². The van der Waals surface area contributed by atoms with Gasteiger partial charge in [-0.15, -0.1) is 0 Å². The van der Waals surface area contributed by atoms with Crippen molar-refractivity contribution in [1.82, 2.24) is 4.57 Å². The topological polar surface area (TPSA) is 63.9 Å². The first-order valence-electron chi connectivity index (χ1n) is 7.22. The van der Waals surface area contributed by atoms with Crippen LogP contribution in [-0.4, -0.2) is 35.0 Å². The third-order valence-electron chi connectivity index (χ3n) is 4.05. The van der Waals surface area contributed by atoms with Gasteiger partial charge < -0.3 is 19.1 Å². The summed E-state index contributed by atoms with van der Waals surface area (Å²) in [6, 6.07) is 9.86. The number of hydrogen-bond donors (Lipinski definition) is 1. The smallest absolute Gasteiger partial charge is 0.414 e. The van der Waals surface area contributed by atoms with E-state index in [1.54, 1.807) is 4.90 Å². The minimum Gasteiger partial charge on any atom is -0.441 e. The molecule has 6 nitrogen and oxygen atoms in total. The maximum atomic E-state index is 11.9. The van der Waals surface area contributed by atoms with Crippen molar-refractivity contribution in [2.45, 2.75) is 19.3 Å². The number of carbonyl (C=O) groups excluding carboxylic acids is 1. The third-order valence-corrected chi connectivity index (χ3v) is 4.05. The number of amides is 1. The number of cyclic esters (lactones) is 1. The number of carbonyl (C=O) groups is 1. The van der Waals surface area contributed by atoms with E-state index < -0.39 is 12.2 Å². The quantitative estimate of drug-likeness (QED) is 0.919. The zero-order valence-corrected chi connectivity index (χ0v) is 11.9. The molecule has 0 radical (unpaired) electrons. The predicted octanol–water partition coefficient (Wildman–Crippen LogP) is 1.82. The lowest BCUT2D eigenvalue weighted by atomic mass is 10.1. The molecule has 0 spiro atoms. The van der Waals surface area contributed by atoms with Gasteiger partial charge in [0, 0.05) is 23.1 Å². The molecule has 1 fully saturated rings. The van der Waals surface area contributed by atoms with Crippen LogP contribution in [-0.2, 0) is 22.7 Å². The van der Waals surface area contributed by atoms with Crippen molar-refractivity contribution in [2.75, 3.05) is 18.1 Å². The summed E-state index contributed by atoms with van der Waals surface area (Å²) in [6.45, 7) is 1.26. The molecule has 6 heteroatoms. The number of fused-ring (bicyclic) bond motifs is 3. The zero-order chi connectivity index (χ0) is 15.1. The lowest BCUT2D eigenvalue weighted by Crippen LogP contribution is -2.25. The molecule has 1 N–H and O–H groups in total. The molecule has 1 amide bonds. The Labute approximate surface area is 127 Å². The number of ether oxygens (including phenoxy) is 2. The van der Waals surface area contributed by atoms with Gasteiger partial charge in [-0.25, -0.2) is 4.79 Å². The maximum absolute atomic E-state index is 11.9. The van der Waals surface area contributed by atoms with Crippen LogP contribution >= 0.6 is 0 Å². The van der Waals surface area contributed by atoms with Crippen LogP contribution in [0.4, 0.5) is 10.5 Å². The van der Waals surface area contributed by atoms with Crippen LogP contribution < -0.4 is 4.90 Å². The van der Waals surface area contributed by atoms with Crippen molar-refractivity contribution in [2.24, 2.45) is 0 Å². The minimum atomic E-state index is -0.460. The summed E-state index contributed by atoms with van der Waals surface area (Å²) >= 11 is 0. The first-order chi connectivity index (χ1) is 10.8. The molecule has 2 aliphatic heterocycles. The Kier molecular flexibility index (Phi) is 3.13. The number of aliphatic hydroxyl groups is 1. The first-order valence-corrected chi connectivity index (χ1v) is 7.22. The number of benzene rings is 1. The molecule has 22 heavy (non-hydrogen) atoms. The number of aromatic nitrogens is 1. The summed E-state index contributed by atoms with van der Waals surface area (Å²) in [7, 11) is 0. The Morgan fingerprint density at radius 2 is 2.18 bits per heavy atom. The predicted molar refractivity (Wildman–Crippen MR) is 79.0 cm³/mol. The number of hydrogen-bond acceptors (Lipinski definition) is 4. The summed E-state index contributed by atoms with van der Waals surface area (Å²) in [5.41, 5.74) is 3.95. The zero-order valence-electron chi connectivity index (χ0n) is 11.9. The van der Waals surface area contributed by atoms with E-state index in [0.29, 0.717) is 19.8 Å². The Balaban J connectivity index is 1.71. The molecule has 4 rings (SSSR count). The highest BCUT2D eigenvalue weighted by Gasteiger charge is 2.32. The number of aliphatic hydroxyl groups excluding tert-OH is 1. The molecule has 1 aromatic heterocycles. The second-order valence-corrected chi connectivity index (χ2v) is 5.47. The molecule has 1 aromatic carbocycles. The minimum absolute atomic E-state index is 0.164. The highest BCUT2D eigenvalue weighted by atomic mass is 16.6.